The first-order valence-corrected chi connectivity index (χ1v) is 11.2. The molecule has 1 N–H and O–H groups in total. The minimum Gasteiger partial charge on any atom is -0.300 e. The van der Waals surface area contributed by atoms with Crippen molar-refractivity contribution < 1.29 is 14.4 Å². The first-order valence-electron chi connectivity index (χ1n) is 10.3. The number of anilines is 1. The van der Waals surface area contributed by atoms with Gasteiger partial charge < -0.3 is 5.32 Å². The van der Waals surface area contributed by atoms with E-state index < -0.39 is 11.9 Å². The fourth-order valence-electron chi connectivity index (χ4n) is 4.35. The standard InChI is InChI=1S/C24H21N3O3S/c1-14(27-22(29)18-8-4-5-9-19(18)23(27)30)21(28)26-24-25-20(13-31-24)17-11-10-15-6-2-3-7-16(15)12-17/h2-7,10-14,18-19H,8-9H2,1H3,(H,25,26,28)/t14-,18-,19-/m0/s1. The molecule has 2 heterocycles. The maximum absolute atomic E-state index is 12.8. The molecule has 0 radical (unpaired) electrons. The summed E-state index contributed by atoms with van der Waals surface area (Å²) in [4.78, 5) is 43.9. The van der Waals surface area contributed by atoms with Crippen molar-refractivity contribution in [2.24, 2.45) is 11.8 Å². The van der Waals surface area contributed by atoms with Gasteiger partial charge in [0.25, 0.3) is 0 Å². The van der Waals surface area contributed by atoms with Gasteiger partial charge in [-0.15, -0.1) is 11.3 Å². The van der Waals surface area contributed by atoms with Crippen LogP contribution in [0, 0.1) is 11.8 Å². The fourth-order valence-corrected chi connectivity index (χ4v) is 5.07. The molecule has 1 aliphatic carbocycles. The maximum Gasteiger partial charge on any atom is 0.249 e. The van der Waals surface area contributed by atoms with Gasteiger partial charge in [-0.25, -0.2) is 4.98 Å². The number of carbonyl (C=O) groups excluding carboxylic acids is 3. The van der Waals surface area contributed by atoms with Crippen LogP contribution in [0.2, 0.25) is 0 Å². The van der Waals surface area contributed by atoms with Gasteiger partial charge in [0.05, 0.1) is 17.5 Å². The fraction of sp³-hybridized carbons (Fsp3) is 0.250. The molecule has 6 nitrogen and oxygen atoms in total. The summed E-state index contributed by atoms with van der Waals surface area (Å²) >= 11 is 1.32. The van der Waals surface area contributed by atoms with Crippen LogP contribution in [0.15, 0.2) is 60.0 Å². The van der Waals surface area contributed by atoms with E-state index >= 15 is 0 Å². The number of allylic oxidation sites excluding steroid dienone is 2. The summed E-state index contributed by atoms with van der Waals surface area (Å²) in [7, 11) is 0. The average Bonchev–Trinajstić information content (AvgIpc) is 3.36. The first-order chi connectivity index (χ1) is 15.0. The van der Waals surface area contributed by atoms with E-state index in [9.17, 15) is 14.4 Å². The van der Waals surface area contributed by atoms with Crippen LogP contribution in [0.1, 0.15) is 19.8 Å². The summed E-state index contributed by atoms with van der Waals surface area (Å²) in [6.45, 7) is 1.59. The number of imide groups is 1. The van der Waals surface area contributed by atoms with Gasteiger partial charge in [-0.1, -0.05) is 48.6 Å². The molecule has 156 valence electrons. The highest BCUT2D eigenvalue weighted by molar-refractivity contribution is 7.14. The van der Waals surface area contributed by atoms with Crippen LogP contribution in [0.25, 0.3) is 22.0 Å². The maximum atomic E-state index is 12.8. The molecule has 1 aliphatic heterocycles. The molecule has 1 saturated heterocycles. The number of nitrogens with one attached hydrogen (secondary N) is 1. The van der Waals surface area contributed by atoms with Crippen molar-refractivity contribution in [1.82, 2.24) is 9.88 Å². The molecule has 0 bridgehead atoms. The Morgan fingerprint density at radius 2 is 1.74 bits per heavy atom. The Kier molecular flexibility index (Phi) is 4.90. The third kappa shape index (κ3) is 3.45. The molecular formula is C24H21N3O3S. The van der Waals surface area contributed by atoms with Crippen LogP contribution in [0.4, 0.5) is 5.13 Å². The number of rotatable bonds is 4. The van der Waals surface area contributed by atoms with Gasteiger partial charge in [-0.3, -0.25) is 19.3 Å². The van der Waals surface area contributed by atoms with Crippen LogP contribution in [0.5, 0.6) is 0 Å². The predicted octanol–water partition coefficient (Wildman–Crippen LogP) is 4.24. The predicted molar refractivity (Wildman–Crippen MR) is 120 cm³/mol. The van der Waals surface area contributed by atoms with E-state index in [0.29, 0.717) is 18.0 Å². The molecule has 0 saturated carbocycles. The molecular weight excluding hydrogens is 410 g/mol. The number of thiazole rings is 1. The zero-order chi connectivity index (χ0) is 21.5. The van der Waals surface area contributed by atoms with Crippen molar-refractivity contribution in [3.8, 4) is 11.3 Å². The van der Waals surface area contributed by atoms with Crippen molar-refractivity contribution in [3.05, 3.63) is 60.0 Å². The van der Waals surface area contributed by atoms with Crippen molar-refractivity contribution in [2.45, 2.75) is 25.8 Å². The third-order valence-electron chi connectivity index (χ3n) is 6.09. The molecule has 3 amide bonds. The quantitative estimate of drug-likeness (QED) is 0.495. The monoisotopic (exact) mass is 431 g/mol. The Bertz CT molecular complexity index is 1210. The number of hydrogen-bond acceptors (Lipinski definition) is 5. The highest BCUT2D eigenvalue weighted by Gasteiger charge is 2.50. The van der Waals surface area contributed by atoms with E-state index in [1.807, 2.05) is 47.9 Å². The molecule has 1 aromatic heterocycles. The summed E-state index contributed by atoms with van der Waals surface area (Å²) in [5, 5.41) is 7.38. The van der Waals surface area contributed by atoms with Gasteiger partial charge >= 0.3 is 0 Å². The molecule has 5 rings (SSSR count). The van der Waals surface area contributed by atoms with Gasteiger partial charge in [0, 0.05) is 10.9 Å². The number of aromatic nitrogens is 1. The van der Waals surface area contributed by atoms with Crippen LogP contribution in [-0.2, 0) is 14.4 Å². The lowest BCUT2D eigenvalue weighted by Crippen LogP contribution is -2.46. The van der Waals surface area contributed by atoms with Gasteiger partial charge in [0.15, 0.2) is 5.13 Å². The molecule has 2 aromatic carbocycles. The van der Waals surface area contributed by atoms with E-state index in [2.05, 4.69) is 22.4 Å². The lowest BCUT2D eigenvalue weighted by Gasteiger charge is -2.21. The summed E-state index contributed by atoms with van der Waals surface area (Å²) in [5.74, 6) is -1.59. The molecule has 1 fully saturated rings. The van der Waals surface area contributed by atoms with Crippen molar-refractivity contribution in [2.75, 3.05) is 5.32 Å². The Labute approximate surface area is 183 Å². The highest BCUT2D eigenvalue weighted by Crippen LogP contribution is 2.36. The molecule has 3 atom stereocenters. The number of likely N-dealkylation sites (tertiary alicyclic amines) is 1. The second-order valence-corrected chi connectivity index (χ2v) is 8.83. The number of hydrogen-bond donors (Lipinski definition) is 1. The smallest absolute Gasteiger partial charge is 0.249 e. The largest absolute Gasteiger partial charge is 0.300 e. The van der Waals surface area contributed by atoms with Crippen molar-refractivity contribution in [3.63, 3.8) is 0 Å². The van der Waals surface area contributed by atoms with Crippen LogP contribution in [0.3, 0.4) is 0 Å². The van der Waals surface area contributed by atoms with E-state index in [0.717, 1.165) is 26.9 Å². The first kappa shape index (κ1) is 19.6. The molecule has 0 unspecified atom stereocenters. The van der Waals surface area contributed by atoms with Gasteiger partial charge in [0.2, 0.25) is 17.7 Å². The van der Waals surface area contributed by atoms with Gasteiger partial charge in [-0.05, 0) is 36.6 Å². The second kappa shape index (κ2) is 7.74. The number of nitrogens with zero attached hydrogens (tertiary/aromatic N) is 2. The van der Waals surface area contributed by atoms with Gasteiger partial charge in [0.1, 0.15) is 6.04 Å². The van der Waals surface area contributed by atoms with E-state index in [1.165, 1.54) is 11.3 Å². The average molecular weight is 432 g/mol. The van der Waals surface area contributed by atoms with Crippen LogP contribution >= 0.6 is 11.3 Å². The van der Waals surface area contributed by atoms with E-state index in [1.54, 1.807) is 6.92 Å². The topological polar surface area (TPSA) is 79.4 Å². The van der Waals surface area contributed by atoms with Crippen LogP contribution < -0.4 is 5.32 Å². The number of carbonyl (C=O) groups is 3. The summed E-state index contributed by atoms with van der Waals surface area (Å²) in [5.41, 5.74) is 1.73. The van der Waals surface area contributed by atoms with Crippen molar-refractivity contribution in [1.29, 1.82) is 0 Å². The second-order valence-electron chi connectivity index (χ2n) is 7.97. The molecule has 3 aromatic rings. The molecule has 2 aliphatic rings. The highest BCUT2D eigenvalue weighted by atomic mass is 32.1. The Balaban J connectivity index is 1.31. The van der Waals surface area contributed by atoms with Crippen LogP contribution in [-0.4, -0.2) is 33.6 Å². The number of benzene rings is 2. The Morgan fingerprint density at radius 3 is 2.45 bits per heavy atom. The van der Waals surface area contributed by atoms with E-state index in [4.69, 9.17) is 0 Å². The SMILES string of the molecule is C[C@@H](C(=O)Nc1nc(-c2ccc3ccccc3c2)cs1)N1C(=O)[C@H]2CC=CC[C@@H]2C1=O. The van der Waals surface area contributed by atoms with Gasteiger partial charge in [-0.2, -0.15) is 0 Å². The summed E-state index contributed by atoms with van der Waals surface area (Å²) in [6, 6.07) is 13.3. The zero-order valence-corrected chi connectivity index (χ0v) is 17.8. The van der Waals surface area contributed by atoms with Crippen molar-refractivity contribution >= 4 is 45.0 Å². The number of amides is 3. The lowest BCUT2D eigenvalue weighted by atomic mass is 9.85. The minimum absolute atomic E-state index is 0.252. The molecule has 31 heavy (non-hydrogen) atoms. The Morgan fingerprint density at radius 1 is 1.06 bits per heavy atom. The summed E-state index contributed by atoms with van der Waals surface area (Å²) in [6.07, 6.45) is 4.98. The minimum atomic E-state index is -0.876. The molecule has 0 spiro atoms. The normalized spacial score (nSPS) is 21.4. The number of fused-ring (bicyclic) bond motifs is 2. The lowest BCUT2D eigenvalue weighted by molar-refractivity contribution is -0.146. The Hall–Kier alpha value is -3.32. The molecule has 7 heteroatoms. The summed E-state index contributed by atoms with van der Waals surface area (Å²) < 4.78 is 0. The third-order valence-corrected chi connectivity index (χ3v) is 6.85. The zero-order valence-electron chi connectivity index (χ0n) is 16.9. The van der Waals surface area contributed by atoms with E-state index in [-0.39, 0.29) is 23.7 Å².